The first kappa shape index (κ1) is 12.8. The minimum atomic E-state index is -2.53. The van der Waals surface area contributed by atoms with Crippen molar-refractivity contribution in [3.05, 3.63) is 67.8 Å². The van der Waals surface area contributed by atoms with E-state index in [1.165, 1.54) is 5.39 Å². The van der Waals surface area contributed by atoms with Gasteiger partial charge in [-0.05, 0) is 28.0 Å². The minimum Gasteiger partial charge on any atom is -0.427 e. The van der Waals surface area contributed by atoms with E-state index in [0.717, 1.165) is 10.6 Å². The summed E-state index contributed by atoms with van der Waals surface area (Å²) >= 11 is 0. The smallest absolute Gasteiger partial charge is 0.228 e. The fourth-order valence-corrected chi connectivity index (χ4v) is 5.11. The molecule has 18 heavy (non-hydrogen) atoms. The zero-order valence-electron chi connectivity index (χ0n) is 10.5. The zero-order chi connectivity index (χ0) is 13.0. The number of fused-ring (bicyclic) bond motifs is 1. The van der Waals surface area contributed by atoms with Gasteiger partial charge >= 0.3 is 0 Å². The normalized spacial score (nSPS) is 11.4. The van der Waals surface area contributed by atoms with Crippen LogP contribution in [0.3, 0.4) is 0 Å². The third-order valence-corrected chi connectivity index (χ3v) is 6.62. The van der Waals surface area contributed by atoms with Crippen LogP contribution in [0.2, 0.25) is 12.1 Å². The summed E-state index contributed by atoms with van der Waals surface area (Å²) in [6.07, 6.45) is 3.63. The van der Waals surface area contributed by atoms with Crippen molar-refractivity contribution in [1.29, 1.82) is 0 Å². The molecule has 0 saturated heterocycles. The van der Waals surface area contributed by atoms with E-state index in [2.05, 4.69) is 31.4 Å². The molecule has 1 N–H and O–H groups in total. The van der Waals surface area contributed by atoms with Gasteiger partial charge in [0.2, 0.25) is 8.32 Å². The number of hydrogen-bond acceptors (Lipinski definition) is 1. The van der Waals surface area contributed by atoms with Crippen LogP contribution in [0, 0.1) is 0 Å². The number of rotatable bonds is 5. The van der Waals surface area contributed by atoms with Gasteiger partial charge in [-0.3, -0.25) is 0 Å². The van der Waals surface area contributed by atoms with Crippen molar-refractivity contribution < 1.29 is 4.80 Å². The summed E-state index contributed by atoms with van der Waals surface area (Å²) in [7, 11) is -2.53. The van der Waals surface area contributed by atoms with Crippen LogP contribution >= 0.6 is 0 Å². The van der Waals surface area contributed by atoms with E-state index in [1.54, 1.807) is 0 Å². The van der Waals surface area contributed by atoms with Gasteiger partial charge in [-0.2, -0.15) is 0 Å². The van der Waals surface area contributed by atoms with Crippen molar-refractivity contribution in [2.24, 2.45) is 0 Å². The SMILES string of the molecule is C=CC[Si](O)(CC=C)c1cccc2ccccc12. The molecule has 2 rings (SSSR count). The first-order valence-corrected chi connectivity index (χ1v) is 8.50. The summed E-state index contributed by atoms with van der Waals surface area (Å²) < 4.78 is 0. The molecule has 0 heterocycles. The van der Waals surface area contributed by atoms with Crippen LogP contribution in [0.15, 0.2) is 67.8 Å². The summed E-state index contributed by atoms with van der Waals surface area (Å²) in [6.45, 7) is 7.55. The Bertz CT molecular complexity index is 559. The van der Waals surface area contributed by atoms with Crippen LogP contribution in [0.5, 0.6) is 0 Å². The van der Waals surface area contributed by atoms with Crippen LogP contribution < -0.4 is 5.19 Å². The van der Waals surface area contributed by atoms with Gasteiger partial charge in [-0.25, -0.2) is 0 Å². The highest BCUT2D eigenvalue weighted by Gasteiger charge is 2.31. The minimum absolute atomic E-state index is 0.660. The molecule has 2 heteroatoms. The third kappa shape index (κ3) is 2.30. The van der Waals surface area contributed by atoms with Gasteiger partial charge in [0.05, 0.1) is 0 Å². The Kier molecular flexibility index (Phi) is 3.80. The van der Waals surface area contributed by atoms with Gasteiger partial charge in [-0.1, -0.05) is 54.6 Å². The van der Waals surface area contributed by atoms with Crippen molar-refractivity contribution in [1.82, 2.24) is 0 Å². The van der Waals surface area contributed by atoms with Crippen molar-refractivity contribution in [2.75, 3.05) is 0 Å². The van der Waals surface area contributed by atoms with E-state index < -0.39 is 8.32 Å². The number of hydrogen-bond donors (Lipinski definition) is 1. The van der Waals surface area contributed by atoms with Crippen LogP contribution in [0.25, 0.3) is 10.8 Å². The molecule has 0 unspecified atom stereocenters. The Hall–Kier alpha value is -1.64. The van der Waals surface area contributed by atoms with Gasteiger partial charge < -0.3 is 4.80 Å². The van der Waals surface area contributed by atoms with Crippen molar-refractivity contribution in [2.45, 2.75) is 12.1 Å². The Morgan fingerprint density at radius 2 is 1.56 bits per heavy atom. The van der Waals surface area contributed by atoms with E-state index >= 15 is 0 Å². The van der Waals surface area contributed by atoms with E-state index in [9.17, 15) is 4.80 Å². The lowest BCUT2D eigenvalue weighted by Gasteiger charge is -2.24. The first-order chi connectivity index (χ1) is 8.71. The summed E-state index contributed by atoms with van der Waals surface area (Å²) in [4.78, 5) is 11.0. The molecule has 0 aliphatic carbocycles. The molecule has 92 valence electrons. The molecular formula is C16H18OSi. The maximum absolute atomic E-state index is 11.0. The van der Waals surface area contributed by atoms with E-state index in [1.807, 2.05) is 36.4 Å². The van der Waals surface area contributed by atoms with E-state index in [0.29, 0.717) is 12.1 Å². The second-order valence-corrected chi connectivity index (χ2v) is 7.96. The first-order valence-electron chi connectivity index (χ1n) is 6.14. The van der Waals surface area contributed by atoms with Gasteiger partial charge in [0, 0.05) is 0 Å². The van der Waals surface area contributed by atoms with Crippen LogP contribution in [-0.4, -0.2) is 13.1 Å². The largest absolute Gasteiger partial charge is 0.427 e. The second kappa shape index (κ2) is 5.34. The summed E-state index contributed by atoms with van der Waals surface area (Å²) in [6, 6.07) is 15.7. The molecular weight excluding hydrogens is 236 g/mol. The Labute approximate surface area is 109 Å². The lowest BCUT2D eigenvalue weighted by molar-refractivity contribution is 0.557. The maximum Gasteiger partial charge on any atom is 0.228 e. The lowest BCUT2D eigenvalue weighted by atomic mass is 10.1. The highest BCUT2D eigenvalue weighted by Crippen LogP contribution is 2.20. The average molecular weight is 254 g/mol. The Morgan fingerprint density at radius 1 is 0.944 bits per heavy atom. The molecule has 0 aliphatic heterocycles. The molecule has 2 aromatic rings. The quantitative estimate of drug-likeness (QED) is 0.641. The van der Waals surface area contributed by atoms with Gasteiger partial charge in [-0.15, -0.1) is 13.2 Å². The number of benzene rings is 2. The predicted octanol–water partition coefficient (Wildman–Crippen LogP) is 3.36. The van der Waals surface area contributed by atoms with E-state index in [-0.39, 0.29) is 0 Å². The van der Waals surface area contributed by atoms with Crippen LogP contribution in [0.1, 0.15) is 0 Å². The fraction of sp³-hybridized carbons (Fsp3) is 0.125. The Morgan fingerprint density at radius 3 is 2.22 bits per heavy atom. The topological polar surface area (TPSA) is 20.2 Å². The molecule has 0 saturated carbocycles. The van der Waals surface area contributed by atoms with E-state index in [4.69, 9.17) is 0 Å². The van der Waals surface area contributed by atoms with Gasteiger partial charge in [0.25, 0.3) is 0 Å². The zero-order valence-corrected chi connectivity index (χ0v) is 11.5. The summed E-state index contributed by atoms with van der Waals surface area (Å²) in [5, 5.41) is 3.41. The van der Waals surface area contributed by atoms with Crippen molar-refractivity contribution in [3.8, 4) is 0 Å². The van der Waals surface area contributed by atoms with Crippen LogP contribution in [0.4, 0.5) is 0 Å². The lowest BCUT2D eigenvalue weighted by Crippen LogP contribution is -2.47. The van der Waals surface area contributed by atoms with Crippen molar-refractivity contribution >= 4 is 24.3 Å². The third-order valence-electron chi connectivity index (χ3n) is 3.26. The molecule has 1 nitrogen and oxygen atoms in total. The monoisotopic (exact) mass is 254 g/mol. The maximum atomic E-state index is 11.0. The molecule has 0 amide bonds. The average Bonchev–Trinajstić information content (AvgIpc) is 2.38. The standard InChI is InChI=1S/C16H18OSi/c1-3-12-18(17,13-4-2)16-11-7-9-14-8-5-6-10-15(14)16/h3-11,17H,1-2,12-13H2. The Balaban J connectivity index is 2.63. The fourth-order valence-electron chi connectivity index (χ4n) is 2.41. The molecule has 0 bridgehead atoms. The second-order valence-electron chi connectivity index (χ2n) is 4.54. The summed E-state index contributed by atoms with van der Waals surface area (Å²) in [5.74, 6) is 0. The molecule has 0 radical (unpaired) electrons. The van der Waals surface area contributed by atoms with Crippen molar-refractivity contribution in [3.63, 3.8) is 0 Å². The molecule has 0 aliphatic rings. The summed E-state index contributed by atoms with van der Waals surface area (Å²) in [5.41, 5.74) is 0. The molecule has 0 atom stereocenters. The number of allylic oxidation sites excluding steroid dienone is 2. The molecule has 0 aromatic heterocycles. The molecule has 0 spiro atoms. The van der Waals surface area contributed by atoms with Crippen LogP contribution in [-0.2, 0) is 0 Å². The highest BCUT2D eigenvalue weighted by molar-refractivity contribution is 6.87. The van der Waals surface area contributed by atoms with Gasteiger partial charge in [0.15, 0.2) is 0 Å². The molecule has 2 aromatic carbocycles. The highest BCUT2D eigenvalue weighted by atomic mass is 28.4. The molecule has 0 fully saturated rings. The van der Waals surface area contributed by atoms with Gasteiger partial charge in [0.1, 0.15) is 0 Å². The predicted molar refractivity (Wildman–Crippen MR) is 81.6 cm³/mol.